The van der Waals surface area contributed by atoms with E-state index in [9.17, 15) is 4.79 Å². The molecule has 1 aromatic carbocycles. The molecule has 3 rings (SSSR count). The van der Waals surface area contributed by atoms with Gasteiger partial charge in [-0.15, -0.1) is 11.8 Å². The van der Waals surface area contributed by atoms with Gasteiger partial charge >= 0.3 is 0 Å². The van der Waals surface area contributed by atoms with Crippen LogP contribution in [-0.4, -0.2) is 62.9 Å². The van der Waals surface area contributed by atoms with Crippen LogP contribution in [-0.2, 0) is 0 Å². The fraction of sp³-hybridized carbons (Fsp3) is 0.650. The molecule has 0 unspecified atom stereocenters. The summed E-state index contributed by atoms with van der Waals surface area (Å²) in [6, 6.07) is 4.54. The molecule has 1 aromatic rings. The van der Waals surface area contributed by atoms with Crippen molar-refractivity contribution in [2.45, 2.75) is 43.5 Å². The summed E-state index contributed by atoms with van der Waals surface area (Å²) in [5.74, 6) is 0.707. The summed E-state index contributed by atoms with van der Waals surface area (Å²) in [6.07, 6.45) is 6.89. The lowest BCUT2D eigenvalue weighted by Gasteiger charge is -2.30. The second kappa shape index (κ2) is 9.00. The number of anilines is 1. The van der Waals surface area contributed by atoms with E-state index in [-0.39, 0.29) is 5.91 Å². The topological polar surface area (TPSA) is 44.8 Å². The van der Waals surface area contributed by atoms with Crippen LogP contribution in [0.5, 0.6) is 5.75 Å². The van der Waals surface area contributed by atoms with Crippen LogP contribution < -0.4 is 15.0 Å². The van der Waals surface area contributed by atoms with Gasteiger partial charge in [0, 0.05) is 24.5 Å². The molecule has 0 saturated carbocycles. The Labute approximate surface area is 161 Å². The van der Waals surface area contributed by atoms with Gasteiger partial charge in [0.15, 0.2) is 5.75 Å². The molecule has 5 nitrogen and oxygen atoms in total. The van der Waals surface area contributed by atoms with Gasteiger partial charge in [-0.1, -0.05) is 13.3 Å². The van der Waals surface area contributed by atoms with Crippen molar-refractivity contribution in [3.05, 3.63) is 17.7 Å². The highest BCUT2D eigenvalue weighted by Crippen LogP contribution is 2.38. The van der Waals surface area contributed by atoms with Crippen LogP contribution in [0.4, 0.5) is 5.69 Å². The van der Waals surface area contributed by atoms with Crippen LogP contribution in [0.25, 0.3) is 0 Å². The summed E-state index contributed by atoms with van der Waals surface area (Å²) < 4.78 is 5.87. The lowest BCUT2D eigenvalue weighted by atomic mass is 10.1. The van der Waals surface area contributed by atoms with Gasteiger partial charge in [0.1, 0.15) is 6.61 Å². The van der Waals surface area contributed by atoms with Gasteiger partial charge in [-0.3, -0.25) is 9.69 Å². The molecule has 2 aliphatic rings. The molecule has 0 radical (unpaired) electrons. The summed E-state index contributed by atoms with van der Waals surface area (Å²) in [4.78, 5) is 18.7. The number of hydrogen-bond donors (Lipinski definition) is 1. The standard InChI is InChI=1S/C20H31N3O2S/c1-4-5-8-23-9-6-7-15(23)14-21-20(24)17-12-16(26-3)13-18-19(17)25-11-10-22(18)2/h12-13,15H,4-11,14H2,1-3H3,(H,21,24)/t15-/m1/s1. The SMILES string of the molecule is CCCCN1CCC[C@@H]1CNC(=O)c1cc(SC)cc2c1OCCN2C. The van der Waals surface area contributed by atoms with E-state index >= 15 is 0 Å². The highest BCUT2D eigenvalue weighted by atomic mass is 32.2. The summed E-state index contributed by atoms with van der Waals surface area (Å²) in [7, 11) is 2.05. The first-order valence-electron chi connectivity index (χ1n) is 9.72. The van der Waals surface area contributed by atoms with Gasteiger partial charge in [-0.05, 0) is 50.7 Å². The maximum Gasteiger partial charge on any atom is 0.255 e. The number of nitrogens with zero attached hydrogens (tertiary/aromatic N) is 2. The maximum absolute atomic E-state index is 12.9. The number of amides is 1. The van der Waals surface area contributed by atoms with E-state index in [1.807, 2.05) is 12.3 Å². The fourth-order valence-electron chi connectivity index (χ4n) is 3.80. The molecule has 1 fully saturated rings. The number of ether oxygens (including phenoxy) is 1. The number of carbonyl (C=O) groups is 1. The van der Waals surface area contributed by atoms with Crippen LogP contribution >= 0.6 is 11.8 Å². The normalized spacial score (nSPS) is 20.0. The Morgan fingerprint density at radius 3 is 3.00 bits per heavy atom. The number of likely N-dealkylation sites (tertiary alicyclic amines) is 1. The molecular formula is C20H31N3O2S. The Morgan fingerprint density at radius 1 is 1.38 bits per heavy atom. The number of rotatable bonds is 7. The molecule has 1 amide bonds. The number of carbonyl (C=O) groups excluding carboxylic acids is 1. The van der Waals surface area contributed by atoms with Gasteiger partial charge in [0.05, 0.1) is 17.8 Å². The third-order valence-corrected chi connectivity index (χ3v) is 6.11. The molecule has 2 heterocycles. The van der Waals surface area contributed by atoms with E-state index < -0.39 is 0 Å². The van der Waals surface area contributed by atoms with Gasteiger partial charge in [0.25, 0.3) is 5.91 Å². The average molecular weight is 378 g/mol. The zero-order chi connectivity index (χ0) is 18.5. The number of fused-ring (bicyclic) bond motifs is 1. The van der Waals surface area contributed by atoms with Crippen molar-refractivity contribution >= 4 is 23.4 Å². The van der Waals surface area contributed by atoms with Crippen molar-refractivity contribution in [3.8, 4) is 5.75 Å². The van der Waals surface area contributed by atoms with Crippen molar-refractivity contribution in [2.24, 2.45) is 0 Å². The monoisotopic (exact) mass is 377 g/mol. The quantitative estimate of drug-likeness (QED) is 0.739. The lowest BCUT2D eigenvalue weighted by molar-refractivity contribution is 0.0936. The number of likely N-dealkylation sites (N-methyl/N-ethyl adjacent to an activating group) is 1. The third-order valence-electron chi connectivity index (χ3n) is 5.40. The predicted molar refractivity (Wildman–Crippen MR) is 109 cm³/mol. The number of nitrogens with one attached hydrogen (secondary N) is 1. The summed E-state index contributed by atoms with van der Waals surface area (Å²) in [6.45, 7) is 6.71. The van der Waals surface area contributed by atoms with E-state index in [1.54, 1.807) is 11.8 Å². The zero-order valence-electron chi connectivity index (χ0n) is 16.2. The molecule has 0 aromatic heterocycles. The zero-order valence-corrected chi connectivity index (χ0v) is 17.0. The molecule has 0 spiro atoms. The molecule has 1 N–H and O–H groups in total. The Morgan fingerprint density at radius 2 is 2.23 bits per heavy atom. The average Bonchev–Trinajstić information content (AvgIpc) is 3.11. The Bertz CT molecular complexity index is 638. The van der Waals surface area contributed by atoms with Gasteiger partial charge in [-0.2, -0.15) is 0 Å². The maximum atomic E-state index is 12.9. The molecule has 1 saturated heterocycles. The minimum Gasteiger partial charge on any atom is -0.489 e. The highest BCUT2D eigenvalue weighted by molar-refractivity contribution is 7.98. The van der Waals surface area contributed by atoms with E-state index in [2.05, 4.69) is 35.2 Å². The van der Waals surface area contributed by atoms with Crippen molar-refractivity contribution < 1.29 is 9.53 Å². The van der Waals surface area contributed by atoms with Crippen LogP contribution in [0.3, 0.4) is 0 Å². The number of benzene rings is 1. The first-order chi connectivity index (χ1) is 12.6. The van der Waals surface area contributed by atoms with E-state index in [0.29, 0.717) is 18.2 Å². The van der Waals surface area contributed by atoms with E-state index in [1.165, 1.54) is 25.7 Å². The van der Waals surface area contributed by atoms with E-state index in [0.717, 1.165) is 42.5 Å². The second-order valence-electron chi connectivity index (χ2n) is 7.19. The lowest BCUT2D eigenvalue weighted by Crippen LogP contribution is -2.41. The van der Waals surface area contributed by atoms with Crippen LogP contribution in [0.2, 0.25) is 0 Å². The minimum absolute atomic E-state index is 0.0187. The largest absolute Gasteiger partial charge is 0.489 e. The van der Waals surface area contributed by atoms with Crippen LogP contribution in [0.15, 0.2) is 17.0 Å². The van der Waals surface area contributed by atoms with Crippen LogP contribution in [0.1, 0.15) is 43.0 Å². The number of hydrogen-bond acceptors (Lipinski definition) is 5. The van der Waals surface area contributed by atoms with Crippen molar-refractivity contribution in [1.29, 1.82) is 0 Å². The van der Waals surface area contributed by atoms with Crippen molar-refractivity contribution in [3.63, 3.8) is 0 Å². The molecule has 2 aliphatic heterocycles. The second-order valence-corrected chi connectivity index (χ2v) is 8.07. The predicted octanol–water partition coefficient (Wildman–Crippen LogP) is 3.23. The number of thioether (sulfide) groups is 1. The van der Waals surface area contributed by atoms with Crippen LogP contribution in [0, 0.1) is 0 Å². The van der Waals surface area contributed by atoms with E-state index in [4.69, 9.17) is 4.74 Å². The van der Waals surface area contributed by atoms with Crippen molar-refractivity contribution in [1.82, 2.24) is 10.2 Å². The van der Waals surface area contributed by atoms with Gasteiger partial charge < -0.3 is 15.0 Å². The minimum atomic E-state index is -0.0187. The Hall–Kier alpha value is -1.40. The first kappa shape index (κ1) is 19.4. The number of unbranched alkanes of at least 4 members (excludes halogenated alkanes) is 1. The smallest absolute Gasteiger partial charge is 0.255 e. The first-order valence-corrected chi connectivity index (χ1v) is 10.9. The molecular weight excluding hydrogens is 346 g/mol. The fourth-order valence-corrected chi connectivity index (χ4v) is 4.27. The molecule has 26 heavy (non-hydrogen) atoms. The molecule has 6 heteroatoms. The highest BCUT2D eigenvalue weighted by Gasteiger charge is 2.27. The molecule has 1 atom stereocenters. The summed E-state index contributed by atoms with van der Waals surface area (Å²) in [5.41, 5.74) is 1.68. The molecule has 0 bridgehead atoms. The third kappa shape index (κ3) is 4.29. The molecule has 144 valence electrons. The Balaban J connectivity index is 1.70. The van der Waals surface area contributed by atoms with Crippen molar-refractivity contribution in [2.75, 3.05) is 51.0 Å². The Kier molecular flexibility index (Phi) is 6.70. The summed E-state index contributed by atoms with van der Waals surface area (Å²) in [5, 5.41) is 3.18. The van der Waals surface area contributed by atoms with Gasteiger partial charge in [0.2, 0.25) is 0 Å². The summed E-state index contributed by atoms with van der Waals surface area (Å²) >= 11 is 1.66. The van der Waals surface area contributed by atoms with Gasteiger partial charge in [-0.25, -0.2) is 0 Å². The molecule has 0 aliphatic carbocycles.